The lowest BCUT2D eigenvalue weighted by Crippen LogP contribution is -2.10. The van der Waals surface area contributed by atoms with E-state index < -0.39 is 0 Å². The van der Waals surface area contributed by atoms with Crippen LogP contribution in [0, 0.1) is 0 Å². The van der Waals surface area contributed by atoms with E-state index in [4.69, 9.17) is 4.74 Å². The highest BCUT2D eigenvalue weighted by Gasteiger charge is 2.15. The van der Waals surface area contributed by atoms with Gasteiger partial charge in [0.05, 0.1) is 12.2 Å². The predicted molar refractivity (Wildman–Crippen MR) is 112 cm³/mol. The maximum atomic E-state index is 12.3. The molecular formula is C24H21NO3. The molecule has 3 aromatic rings. The molecule has 1 N–H and O–H groups in total. The second kappa shape index (κ2) is 9.33. The van der Waals surface area contributed by atoms with Gasteiger partial charge in [-0.25, -0.2) is 4.79 Å². The van der Waals surface area contributed by atoms with Crippen molar-refractivity contribution in [3.8, 4) is 11.1 Å². The first-order valence-corrected chi connectivity index (χ1v) is 9.08. The molecule has 0 radical (unpaired) electrons. The number of anilines is 1. The second-order valence-corrected chi connectivity index (χ2v) is 6.08. The van der Waals surface area contributed by atoms with Gasteiger partial charge in [0.25, 0.3) is 0 Å². The third kappa shape index (κ3) is 4.95. The number of esters is 1. The van der Waals surface area contributed by atoms with Crippen LogP contribution in [0.4, 0.5) is 5.69 Å². The number of hydrogen-bond donors (Lipinski definition) is 1. The highest BCUT2D eigenvalue weighted by atomic mass is 16.5. The van der Waals surface area contributed by atoms with E-state index in [1.807, 2.05) is 60.7 Å². The quantitative estimate of drug-likeness (QED) is 0.480. The van der Waals surface area contributed by atoms with Crippen molar-refractivity contribution in [2.75, 3.05) is 11.9 Å². The molecule has 1 amide bonds. The molecule has 0 heterocycles. The molecule has 3 aromatic carbocycles. The van der Waals surface area contributed by atoms with Crippen LogP contribution in [0.5, 0.6) is 0 Å². The molecule has 0 aliphatic heterocycles. The Morgan fingerprint density at radius 1 is 0.929 bits per heavy atom. The zero-order chi connectivity index (χ0) is 19.8. The van der Waals surface area contributed by atoms with Gasteiger partial charge in [-0.05, 0) is 47.9 Å². The van der Waals surface area contributed by atoms with Crippen LogP contribution in [-0.4, -0.2) is 18.5 Å². The van der Waals surface area contributed by atoms with Crippen molar-refractivity contribution in [3.63, 3.8) is 0 Å². The lowest BCUT2D eigenvalue weighted by molar-refractivity contribution is -0.111. The van der Waals surface area contributed by atoms with Crippen LogP contribution in [-0.2, 0) is 9.53 Å². The number of hydrogen-bond acceptors (Lipinski definition) is 3. The summed E-state index contributed by atoms with van der Waals surface area (Å²) in [5, 5.41) is 2.84. The molecule has 0 fully saturated rings. The van der Waals surface area contributed by atoms with E-state index in [2.05, 4.69) is 5.32 Å². The summed E-state index contributed by atoms with van der Waals surface area (Å²) < 4.78 is 5.16. The fraction of sp³-hybridized carbons (Fsp3) is 0.0833. The molecule has 140 valence electrons. The predicted octanol–water partition coefficient (Wildman–Crippen LogP) is 5.18. The SMILES string of the molecule is CCOC(=O)c1ccc(NC(=O)/C=C/c2ccccc2)cc1-c1ccccc1. The maximum absolute atomic E-state index is 12.3. The van der Waals surface area contributed by atoms with Gasteiger partial charge < -0.3 is 10.1 Å². The standard InChI is InChI=1S/C24H21NO3/c1-2-28-24(27)21-15-14-20(17-22(21)19-11-7-4-8-12-19)25-23(26)16-13-18-9-5-3-6-10-18/h3-17H,2H2,1H3,(H,25,26)/b16-13+. The van der Waals surface area contributed by atoms with E-state index in [9.17, 15) is 9.59 Å². The average Bonchev–Trinajstić information content (AvgIpc) is 2.74. The fourth-order valence-electron chi connectivity index (χ4n) is 2.79. The molecule has 0 aromatic heterocycles. The van der Waals surface area contributed by atoms with E-state index in [0.29, 0.717) is 23.4 Å². The van der Waals surface area contributed by atoms with Gasteiger partial charge in [0.15, 0.2) is 0 Å². The smallest absolute Gasteiger partial charge is 0.338 e. The van der Waals surface area contributed by atoms with Gasteiger partial charge in [0.2, 0.25) is 5.91 Å². The van der Waals surface area contributed by atoms with E-state index >= 15 is 0 Å². The van der Waals surface area contributed by atoms with Crippen LogP contribution in [0.25, 0.3) is 17.2 Å². The van der Waals surface area contributed by atoms with Gasteiger partial charge in [-0.15, -0.1) is 0 Å². The first-order valence-electron chi connectivity index (χ1n) is 9.08. The van der Waals surface area contributed by atoms with Crippen molar-refractivity contribution in [1.29, 1.82) is 0 Å². The van der Waals surface area contributed by atoms with Crippen LogP contribution in [0.3, 0.4) is 0 Å². The molecular weight excluding hydrogens is 350 g/mol. The second-order valence-electron chi connectivity index (χ2n) is 6.08. The summed E-state index contributed by atoms with van der Waals surface area (Å²) in [7, 11) is 0. The zero-order valence-corrected chi connectivity index (χ0v) is 15.6. The number of amides is 1. The fourth-order valence-corrected chi connectivity index (χ4v) is 2.79. The number of ether oxygens (including phenoxy) is 1. The zero-order valence-electron chi connectivity index (χ0n) is 15.6. The lowest BCUT2D eigenvalue weighted by Gasteiger charge is -2.12. The molecule has 4 nitrogen and oxygen atoms in total. The van der Waals surface area contributed by atoms with Gasteiger partial charge in [-0.3, -0.25) is 4.79 Å². The summed E-state index contributed by atoms with van der Waals surface area (Å²) in [4.78, 5) is 24.6. The van der Waals surface area contributed by atoms with Crippen molar-refractivity contribution < 1.29 is 14.3 Å². The van der Waals surface area contributed by atoms with E-state index in [-0.39, 0.29) is 11.9 Å². The van der Waals surface area contributed by atoms with Gasteiger partial charge in [0.1, 0.15) is 0 Å². The Balaban J connectivity index is 1.85. The van der Waals surface area contributed by atoms with Crippen molar-refractivity contribution in [1.82, 2.24) is 0 Å². The third-order valence-electron chi connectivity index (χ3n) is 4.09. The largest absolute Gasteiger partial charge is 0.462 e. The molecule has 3 rings (SSSR count). The average molecular weight is 371 g/mol. The molecule has 0 atom stereocenters. The molecule has 0 saturated heterocycles. The van der Waals surface area contributed by atoms with E-state index in [1.165, 1.54) is 6.08 Å². The maximum Gasteiger partial charge on any atom is 0.338 e. The van der Waals surface area contributed by atoms with Crippen molar-refractivity contribution in [3.05, 3.63) is 96.1 Å². The minimum atomic E-state index is -0.386. The summed E-state index contributed by atoms with van der Waals surface area (Å²) in [6.07, 6.45) is 3.23. The van der Waals surface area contributed by atoms with Gasteiger partial charge in [0, 0.05) is 11.8 Å². The third-order valence-corrected chi connectivity index (χ3v) is 4.09. The molecule has 0 aliphatic rings. The Morgan fingerprint density at radius 3 is 2.29 bits per heavy atom. The Hall–Kier alpha value is -3.66. The van der Waals surface area contributed by atoms with E-state index in [1.54, 1.807) is 31.2 Å². The summed E-state index contributed by atoms with van der Waals surface area (Å²) in [6.45, 7) is 2.07. The van der Waals surface area contributed by atoms with Crippen LogP contribution >= 0.6 is 0 Å². The number of carbonyl (C=O) groups excluding carboxylic acids is 2. The molecule has 0 unspecified atom stereocenters. The Morgan fingerprint density at radius 2 is 1.61 bits per heavy atom. The molecule has 0 spiro atoms. The minimum absolute atomic E-state index is 0.244. The Bertz CT molecular complexity index is 979. The molecule has 28 heavy (non-hydrogen) atoms. The number of benzene rings is 3. The number of rotatable bonds is 6. The summed E-state index contributed by atoms with van der Waals surface area (Å²) >= 11 is 0. The van der Waals surface area contributed by atoms with Crippen LogP contribution in [0.15, 0.2) is 84.9 Å². The van der Waals surface area contributed by atoms with Gasteiger partial charge >= 0.3 is 5.97 Å². The summed E-state index contributed by atoms with van der Waals surface area (Å²) in [6, 6.07) is 24.3. The monoisotopic (exact) mass is 371 g/mol. The molecule has 0 aliphatic carbocycles. The Labute approximate surface area is 164 Å². The molecule has 4 heteroatoms. The molecule has 0 saturated carbocycles. The highest BCUT2D eigenvalue weighted by Crippen LogP contribution is 2.27. The minimum Gasteiger partial charge on any atom is -0.462 e. The number of nitrogens with one attached hydrogen (secondary N) is 1. The first-order chi connectivity index (χ1) is 13.7. The van der Waals surface area contributed by atoms with Crippen molar-refractivity contribution in [2.45, 2.75) is 6.92 Å². The first kappa shape index (κ1) is 19.1. The number of carbonyl (C=O) groups is 2. The summed E-state index contributed by atoms with van der Waals surface area (Å²) in [5.41, 5.74) is 3.60. The van der Waals surface area contributed by atoms with Crippen molar-refractivity contribution in [2.24, 2.45) is 0 Å². The highest BCUT2D eigenvalue weighted by molar-refractivity contribution is 6.03. The van der Waals surface area contributed by atoms with Gasteiger partial charge in [-0.2, -0.15) is 0 Å². The van der Waals surface area contributed by atoms with E-state index in [0.717, 1.165) is 11.1 Å². The topological polar surface area (TPSA) is 55.4 Å². The van der Waals surface area contributed by atoms with Crippen LogP contribution in [0.2, 0.25) is 0 Å². The Kier molecular flexibility index (Phi) is 6.37. The lowest BCUT2D eigenvalue weighted by atomic mass is 9.99. The summed E-state index contributed by atoms with van der Waals surface area (Å²) in [5.74, 6) is -0.630. The van der Waals surface area contributed by atoms with Gasteiger partial charge in [-0.1, -0.05) is 60.7 Å². The normalized spacial score (nSPS) is 10.6. The van der Waals surface area contributed by atoms with Crippen molar-refractivity contribution >= 4 is 23.6 Å². The van der Waals surface area contributed by atoms with Crippen LogP contribution in [0.1, 0.15) is 22.8 Å². The molecule has 0 bridgehead atoms. The van der Waals surface area contributed by atoms with Crippen LogP contribution < -0.4 is 5.32 Å².